The van der Waals surface area contributed by atoms with Crippen molar-refractivity contribution in [2.45, 2.75) is 12.5 Å². The van der Waals surface area contributed by atoms with E-state index in [0.29, 0.717) is 29.6 Å². The predicted molar refractivity (Wildman–Crippen MR) is 93.0 cm³/mol. The normalized spacial score (nSPS) is 16.0. The second kappa shape index (κ2) is 7.06. The number of methoxy groups -OCH3 is 2. The Balaban J connectivity index is 1.83. The van der Waals surface area contributed by atoms with Gasteiger partial charge in [-0.05, 0) is 24.5 Å². The van der Waals surface area contributed by atoms with Gasteiger partial charge in [0.05, 0.1) is 26.8 Å². The largest absolute Gasteiger partial charge is 0.497 e. The van der Waals surface area contributed by atoms with E-state index in [1.54, 1.807) is 35.9 Å². The maximum Gasteiger partial charge on any atom is 0.179 e. The summed E-state index contributed by atoms with van der Waals surface area (Å²) in [5.74, 6) is 7.99. The molecule has 0 amide bonds. The molecule has 7 heteroatoms. The molecule has 1 aromatic heterocycles. The van der Waals surface area contributed by atoms with E-state index < -0.39 is 0 Å². The summed E-state index contributed by atoms with van der Waals surface area (Å²) in [6, 6.07) is 7.31. The third-order valence-electron chi connectivity index (χ3n) is 4.10. The topological polar surface area (TPSA) is 89.3 Å². The van der Waals surface area contributed by atoms with Crippen molar-refractivity contribution < 1.29 is 9.47 Å². The number of rotatable bonds is 3. The zero-order valence-electron chi connectivity index (χ0n) is 14.2. The number of hydrogen-bond acceptors (Lipinski definition) is 6. The Morgan fingerprint density at radius 2 is 1.88 bits per heavy atom. The molecule has 1 aliphatic rings. The van der Waals surface area contributed by atoms with Crippen LogP contribution in [0, 0.1) is 23.3 Å². The highest BCUT2D eigenvalue weighted by molar-refractivity contribution is 5.49. The number of aromatic nitrogens is 2. The van der Waals surface area contributed by atoms with Crippen LogP contribution in [0.15, 0.2) is 24.3 Å². The molecule has 1 aromatic carbocycles. The van der Waals surface area contributed by atoms with Gasteiger partial charge in [0.2, 0.25) is 0 Å². The third-order valence-corrected chi connectivity index (χ3v) is 4.10. The van der Waals surface area contributed by atoms with Gasteiger partial charge in [-0.1, -0.05) is 5.92 Å². The molecule has 0 unspecified atom stereocenters. The van der Waals surface area contributed by atoms with Gasteiger partial charge < -0.3 is 20.1 Å². The smallest absolute Gasteiger partial charge is 0.179 e. The zero-order valence-corrected chi connectivity index (χ0v) is 14.2. The van der Waals surface area contributed by atoms with E-state index in [2.05, 4.69) is 23.1 Å². The summed E-state index contributed by atoms with van der Waals surface area (Å²) in [4.78, 5) is 1.71. The second-order valence-corrected chi connectivity index (χ2v) is 5.74. The number of ether oxygens (including phenoxy) is 2. The summed E-state index contributed by atoms with van der Waals surface area (Å²) < 4.78 is 12.2. The molecule has 0 bridgehead atoms. The Morgan fingerprint density at radius 1 is 1.16 bits per heavy atom. The fourth-order valence-electron chi connectivity index (χ4n) is 2.81. The molecule has 2 aromatic rings. The van der Waals surface area contributed by atoms with Crippen molar-refractivity contribution in [1.82, 2.24) is 14.7 Å². The van der Waals surface area contributed by atoms with Crippen LogP contribution < -0.4 is 15.2 Å². The molecule has 2 heterocycles. The third kappa shape index (κ3) is 3.61. The minimum Gasteiger partial charge on any atom is -0.497 e. The lowest BCUT2D eigenvalue weighted by Gasteiger charge is -2.11. The van der Waals surface area contributed by atoms with Crippen LogP contribution in [0.1, 0.15) is 23.7 Å². The molecule has 1 saturated heterocycles. The first-order chi connectivity index (χ1) is 12.1. The van der Waals surface area contributed by atoms with E-state index in [1.807, 2.05) is 12.1 Å². The Labute approximate surface area is 146 Å². The van der Waals surface area contributed by atoms with Gasteiger partial charge in [-0.15, -0.1) is 0 Å². The van der Waals surface area contributed by atoms with Crippen LogP contribution in [0.4, 0.5) is 5.82 Å². The van der Waals surface area contributed by atoms with Crippen LogP contribution in [-0.2, 0) is 0 Å². The van der Waals surface area contributed by atoms with E-state index >= 15 is 0 Å². The standard InChI is InChI=1S/C18H19N5O2/c1-24-16-7-13(8-17(10-16)25-2)3-4-14-9-18(20)23(21-14)15-5-6-22(11-15)12-19/h7-10,15H,5-6,11,20H2,1-2H3/t15-/m0/s1. The summed E-state index contributed by atoms with van der Waals surface area (Å²) >= 11 is 0. The second-order valence-electron chi connectivity index (χ2n) is 5.74. The lowest BCUT2D eigenvalue weighted by atomic mass is 10.2. The predicted octanol–water partition coefficient (Wildman–Crippen LogP) is 1.61. The lowest BCUT2D eigenvalue weighted by Crippen LogP contribution is -2.18. The van der Waals surface area contributed by atoms with Crippen LogP contribution in [0.25, 0.3) is 0 Å². The molecule has 3 rings (SSSR count). The number of nitrogen functional groups attached to an aromatic ring is 1. The van der Waals surface area contributed by atoms with E-state index in [9.17, 15) is 0 Å². The Hall–Kier alpha value is -3.32. The summed E-state index contributed by atoms with van der Waals surface area (Å²) in [5, 5.41) is 13.5. The van der Waals surface area contributed by atoms with Crippen LogP contribution in [0.3, 0.4) is 0 Å². The van der Waals surface area contributed by atoms with Crippen molar-refractivity contribution in [2.75, 3.05) is 33.0 Å². The fraction of sp³-hybridized carbons (Fsp3) is 0.333. The molecule has 7 nitrogen and oxygen atoms in total. The highest BCUT2D eigenvalue weighted by Crippen LogP contribution is 2.24. The van der Waals surface area contributed by atoms with Gasteiger partial charge in [0.1, 0.15) is 23.0 Å². The number of nitriles is 1. The number of nitrogens with zero attached hydrogens (tertiary/aromatic N) is 4. The highest BCUT2D eigenvalue weighted by atomic mass is 16.5. The maximum atomic E-state index is 8.97. The molecule has 1 fully saturated rings. The minimum absolute atomic E-state index is 0.104. The Kier molecular flexibility index (Phi) is 4.67. The molecule has 0 saturated carbocycles. The van der Waals surface area contributed by atoms with Crippen molar-refractivity contribution >= 4 is 5.82 Å². The first kappa shape index (κ1) is 16.5. The number of nitrogens with two attached hydrogens (primary N) is 1. The average Bonchev–Trinajstić information content (AvgIpc) is 3.25. The van der Waals surface area contributed by atoms with Gasteiger partial charge in [-0.2, -0.15) is 10.4 Å². The van der Waals surface area contributed by atoms with E-state index in [4.69, 9.17) is 20.5 Å². The Bertz CT molecular complexity index is 850. The number of anilines is 1. The maximum absolute atomic E-state index is 8.97. The van der Waals surface area contributed by atoms with E-state index in [-0.39, 0.29) is 6.04 Å². The molecule has 128 valence electrons. The minimum atomic E-state index is 0.104. The van der Waals surface area contributed by atoms with Gasteiger partial charge in [0.25, 0.3) is 0 Å². The zero-order chi connectivity index (χ0) is 17.8. The molecule has 1 atom stereocenters. The van der Waals surface area contributed by atoms with Crippen LogP contribution in [0.5, 0.6) is 11.5 Å². The highest BCUT2D eigenvalue weighted by Gasteiger charge is 2.25. The van der Waals surface area contributed by atoms with E-state index in [1.165, 1.54) is 0 Å². The van der Waals surface area contributed by atoms with Crippen LogP contribution in [-0.4, -0.2) is 42.0 Å². The summed E-state index contributed by atoms with van der Waals surface area (Å²) in [6.45, 7) is 1.35. The first-order valence-corrected chi connectivity index (χ1v) is 7.87. The molecule has 2 N–H and O–H groups in total. The molecule has 0 spiro atoms. The molecule has 25 heavy (non-hydrogen) atoms. The Morgan fingerprint density at radius 3 is 2.48 bits per heavy atom. The van der Waals surface area contributed by atoms with Crippen molar-refractivity contribution in [3.8, 4) is 29.5 Å². The van der Waals surface area contributed by atoms with Crippen molar-refractivity contribution in [3.63, 3.8) is 0 Å². The van der Waals surface area contributed by atoms with Gasteiger partial charge in [0, 0.05) is 24.2 Å². The fourth-order valence-corrected chi connectivity index (χ4v) is 2.81. The number of likely N-dealkylation sites (tertiary alicyclic amines) is 1. The van der Waals surface area contributed by atoms with Gasteiger partial charge >= 0.3 is 0 Å². The van der Waals surface area contributed by atoms with Crippen LogP contribution in [0.2, 0.25) is 0 Å². The quantitative estimate of drug-likeness (QED) is 0.676. The average molecular weight is 337 g/mol. The first-order valence-electron chi connectivity index (χ1n) is 7.87. The van der Waals surface area contributed by atoms with Crippen LogP contribution >= 0.6 is 0 Å². The summed E-state index contributed by atoms with van der Waals surface area (Å²) in [7, 11) is 3.20. The van der Waals surface area contributed by atoms with Crippen molar-refractivity contribution in [3.05, 3.63) is 35.5 Å². The van der Waals surface area contributed by atoms with Crippen molar-refractivity contribution in [1.29, 1.82) is 5.26 Å². The van der Waals surface area contributed by atoms with Gasteiger partial charge in [0.15, 0.2) is 6.19 Å². The molecular weight excluding hydrogens is 318 g/mol. The lowest BCUT2D eigenvalue weighted by molar-refractivity contribution is 0.394. The van der Waals surface area contributed by atoms with Gasteiger partial charge in [-0.3, -0.25) is 0 Å². The van der Waals surface area contributed by atoms with Crippen molar-refractivity contribution in [2.24, 2.45) is 0 Å². The van der Waals surface area contributed by atoms with E-state index in [0.717, 1.165) is 18.5 Å². The SMILES string of the molecule is COc1cc(C#Cc2cc(N)n([C@H]3CCN(C#N)C3)n2)cc(OC)c1. The molecular formula is C18H19N5O2. The summed E-state index contributed by atoms with van der Waals surface area (Å²) in [6.07, 6.45) is 3.00. The van der Waals surface area contributed by atoms with Gasteiger partial charge in [-0.25, -0.2) is 4.68 Å². The molecule has 0 aliphatic carbocycles. The number of benzene rings is 1. The monoisotopic (exact) mass is 337 g/mol. The molecule has 0 radical (unpaired) electrons. The molecule has 1 aliphatic heterocycles. The number of hydrogen-bond donors (Lipinski definition) is 1. The summed E-state index contributed by atoms with van der Waals surface area (Å²) in [5.41, 5.74) is 7.42.